The number of carbonyl (C=O) groups is 4. The summed E-state index contributed by atoms with van der Waals surface area (Å²) in [5.74, 6) is -2.78. The molecule has 2 N–H and O–H groups in total. The summed E-state index contributed by atoms with van der Waals surface area (Å²) >= 11 is 0. The number of carbonyl (C=O) groups excluding carboxylic acids is 4. The van der Waals surface area contributed by atoms with E-state index in [2.05, 4.69) is 20.6 Å². The first-order valence-corrected chi connectivity index (χ1v) is 13.3. The van der Waals surface area contributed by atoms with Crippen LogP contribution in [-0.2, 0) is 30.1 Å². The Labute approximate surface area is 228 Å². The molecular formula is C27H34BN5O6. The number of likely N-dealkylation sites (N-methyl/N-ethyl adjacent to an activating group) is 1. The predicted molar refractivity (Wildman–Crippen MR) is 142 cm³/mol. The number of hydrogen-bond acceptors (Lipinski definition) is 9. The predicted octanol–water partition coefficient (Wildman–Crippen LogP) is 1.33. The van der Waals surface area contributed by atoms with Crippen molar-refractivity contribution in [1.29, 1.82) is 0 Å². The molecule has 0 saturated carbocycles. The smallest absolute Gasteiger partial charge is 0.497 e. The monoisotopic (exact) mass is 535 g/mol. The van der Waals surface area contributed by atoms with Crippen LogP contribution in [0, 0.1) is 5.92 Å². The molecule has 39 heavy (non-hydrogen) atoms. The number of nitrogens with one attached hydrogen (secondary N) is 2. The quantitative estimate of drug-likeness (QED) is 0.455. The standard InChI is InChI=1S/C27H34BN5O6/c1-17(2)14-23(28-38-26(36)21-10-7-11-22(33(21)3)27(37)39-28)32-24(34)19(15-18-8-5-4-6-9-18)31-25(35)20-16-29-12-13-30-20/h4-6,8-9,12-13,16-17,19,21-23H,7,10-11,14-15H2,1-3H3,(H,31,35)(H,32,34)/t19?,21-,22+,23?. The minimum absolute atomic E-state index is 0.0700. The fourth-order valence-electron chi connectivity index (χ4n) is 5.01. The molecule has 2 aromatic rings. The van der Waals surface area contributed by atoms with Gasteiger partial charge in [0.15, 0.2) is 0 Å². The fourth-order valence-corrected chi connectivity index (χ4v) is 5.01. The third-order valence-electron chi connectivity index (χ3n) is 7.03. The minimum atomic E-state index is -1.29. The van der Waals surface area contributed by atoms with E-state index < -0.39 is 54.9 Å². The highest BCUT2D eigenvalue weighted by Gasteiger charge is 2.48. The third kappa shape index (κ3) is 7.20. The molecule has 0 aliphatic carbocycles. The van der Waals surface area contributed by atoms with Gasteiger partial charge in [-0.25, -0.2) is 4.98 Å². The molecule has 0 radical (unpaired) electrons. The molecule has 0 spiro atoms. The first-order valence-electron chi connectivity index (χ1n) is 13.3. The van der Waals surface area contributed by atoms with Gasteiger partial charge in [-0.1, -0.05) is 44.2 Å². The fraction of sp³-hybridized carbons (Fsp3) is 0.481. The van der Waals surface area contributed by atoms with Crippen LogP contribution in [0.5, 0.6) is 0 Å². The van der Waals surface area contributed by atoms with Gasteiger partial charge >= 0.3 is 19.1 Å². The van der Waals surface area contributed by atoms with Gasteiger partial charge in [0.1, 0.15) is 23.8 Å². The van der Waals surface area contributed by atoms with Gasteiger partial charge in [0.2, 0.25) is 5.91 Å². The summed E-state index contributed by atoms with van der Waals surface area (Å²) in [6.07, 6.45) is 6.61. The molecule has 2 aliphatic heterocycles. The van der Waals surface area contributed by atoms with Crippen molar-refractivity contribution < 1.29 is 28.5 Å². The number of hydrogen-bond donors (Lipinski definition) is 2. The number of rotatable bonds is 9. The summed E-state index contributed by atoms with van der Waals surface area (Å²) in [6, 6.07) is 7.18. The van der Waals surface area contributed by atoms with Crippen molar-refractivity contribution >= 4 is 30.9 Å². The first-order chi connectivity index (χ1) is 18.7. The van der Waals surface area contributed by atoms with E-state index in [4.69, 9.17) is 9.31 Å². The number of amides is 2. The Morgan fingerprint density at radius 3 is 2.31 bits per heavy atom. The van der Waals surface area contributed by atoms with Gasteiger partial charge in [-0.05, 0) is 44.2 Å². The maximum Gasteiger partial charge on any atom is 0.622 e. The SMILES string of the molecule is CC(C)CC(NC(=O)C(Cc1ccccc1)NC(=O)c1cnccn1)B1OC(=O)[C@H]2CCC[C@@H](C(=O)O1)N2C. The van der Waals surface area contributed by atoms with E-state index in [1.54, 1.807) is 11.9 Å². The molecule has 4 rings (SSSR count). The molecule has 1 aromatic heterocycles. The number of benzene rings is 1. The van der Waals surface area contributed by atoms with Crippen LogP contribution in [0.4, 0.5) is 0 Å². The molecular weight excluding hydrogens is 501 g/mol. The van der Waals surface area contributed by atoms with Crippen molar-refractivity contribution in [3.05, 3.63) is 60.2 Å². The lowest BCUT2D eigenvalue weighted by molar-refractivity contribution is -0.157. The molecule has 206 valence electrons. The lowest BCUT2D eigenvalue weighted by Crippen LogP contribution is -2.62. The molecule has 4 atom stereocenters. The highest BCUT2D eigenvalue weighted by molar-refractivity contribution is 6.51. The Hall–Kier alpha value is -3.80. The zero-order valence-electron chi connectivity index (χ0n) is 22.4. The highest BCUT2D eigenvalue weighted by atomic mass is 16.6. The minimum Gasteiger partial charge on any atom is -0.497 e. The topological polar surface area (TPSA) is 140 Å². The Bertz CT molecular complexity index is 1140. The Balaban J connectivity index is 1.56. The normalized spacial score (nSPS) is 21.2. The molecule has 2 aliphatic rings. The van der Waals surface area contributed by atoms with E-state index in [-0.39, 0.29) is 18.0 Å². The Kier molecular flexibility index (Phi) is 9.29. The lowest BCUT2D eigenvalue weighted by Gasteiger charge is -2.40. The van der Waals surface area contributed by atoms with Gasteiger partial charge in [-0.2, -0.15) is 0 Å². The number of piperidine rings is 1. The van der Waals surface area contributed by atoms with Crippen LogP contribution in [0.1, 0.15) is 55.6 Å². The molecule has 2 fully saturated rings. The zero-order chi connectivity index (χ0) is 27.9. The lowest BCUT2D eigenvalue weighted by atomic mass is 9.72. The Morgan fingerprint density at radius 1 is 1.05 bits per heavy atom. The van der Waals surface area contributed by atoms with Gasteiger partial charge in [-0.15, -0.1) is 0 Å². The van der Waals surface area contributed by atoms with Gasteiger partial charge in [-0.3, -0.25) is 29.1 Å². The van der Waals surface area contributed by atoms with Crippen molar-refractivity contribution in [2.24, 2.45) is 5.92 Å². The van der Waals surface area contributed by atoms with Crippen LogP contribution >= 0.6 is 0 Å². The molecule has 2 saturated heterocycles. The molecule has 3 heterocycles. The molecule has 11 nitrogen and oxygen atoms in total. The van der Waals surface area contributed by atoms with Crippen molar-refractivity contribution in [3.8, 4) is 0 Å². The second-order valence-corrected chi connectivity index (χ2v) is 10.4. The number of nitrogens with zero attached hydrogens (tertiary/aromatic N) is 3. The van der Waals surface area contributed by atoms with Gasteiger partial charge in [0.25, 0.3) is 5.91 Å². The van der Waals surface area contributed by atoms with E-state index in [0.29, 0.717) is 25.7 Å². The summed E-state index contributed by atoms with van der Waals surface area (Å²) in [5.41, 5.74) is 0.901. The van der Waals surface area contributed by atoms with E-state index in [9.17, 15) is 19.2 Å². The first kappa shape index (κ1) is 28.2. The van der Waals surface area contributed by atoms with E-state index in [1.165, 1.54) is 18.6 Å². The van der Waals surface area contributed by atoms with E-state index in [1.807, 2.05) is 44.2 Å². The largest absolute Gasteiger partial charge is 0.622 e. The average Bonchev–Trinajstić information content (AvgIpc) is 2.92. The van der Waals surface area contributed by atoms with Crippen molar-refractivity contribution in [2.45, 2.75) is 70.0 Å². The number of aromatic nitrogens is 2. The highest BCUT2D eigenvalue weighted by Crippen LogP contribution is 2.26. The molecule has 2 bridgehead atoms. The summed E-state index contributed by atoms with van der Waals surface area (Å²) < 4.78 is 11.4. The number of fused-ring (bicyclic) bond motifs is 2. The van der Waals surface area contributed by atoms with Gasteiger partial charge in [0.05, 0.1) is 12.1 Å². The summed E-state index contributed by atoms with van der Waals surface area (Å²) in [5, 5.41) is 5.65. The van der Waals surface area contributed by atoms with Crippen LogP contribution in [0.2, 0.25) is 0 Å². The maximum absolute atomic E-state index is 13.7. The second kappa shape index (κ2) is 12.8. The zero-order valence-corrected chi connectivity index (χ0v) is 22.4. The molecule has 12 heteroatoms. The van der Waals surface area contributed by atoms with Crippen molar-refractivity contribution in [1.82, 2.24) is 25.5 Å². The van der Waals surface area contributed by atoms with E-state index >= 15 is 0 Å². The van der Waals surface area contributed by atoms with Gasteiger partial charge in [0, 0.05) is 18.8 Å². The van der Waals surface area contributed by atoms with Gasteiger partial charge < -0.3 is 19.9 Å². The maximum atomic E-state index is 13.7. The molecule has 2 amide bonds. The second-order valence-electron chi connectivity index (χ2n) is 10.4. The van der Waals surface area contributed by atoms with Crippen molar-refractivity contribution in [2.75, 3.05) is 7.05 Å². The van der Waals surface area contributed by atoms with Crippen LogP contribution in [0.3, 0.4) is 0 Å². The molecule has 1 aromatic carbocycles. The Morgan fingerprint density at radius 2 is 1.72 bits per heavy atom. The molecule has 2 unspecified atom stereocenters. The van der Waals surface area contributed by atoms with E-state index in [0.717, 1.165) is 5.56 Å². The summed E-state index contributed by atoms with van der Waals surface area (Å²) in [4.78, 5) is 62.2. The third-order valence-corrected chi connectivity index (χ3v) is 7.03. The van der Waals surface area contributed by atoms with Crippen LogP contribution in [0.25, 0.3) is 0 Å². The summed E-state index contributed by atoms with van der Waals surface area (Å²) in [6.45, 7) is 3.90. The van der Waals surface area contributed by atoms with Crippen molar-refractivity contribution in [3.63, 3.8) is 0 Å². The summed E-state index contributed by atoms with van der Waals surface area (Å²) in [7, 11) is 0.430. The van der Waals surface area contributed by atoms with Crippen LogP contribution in [-0.4, -0.2) is 76.9 Å². The van der Waals surface area contributed by atoms with Crippen LogP contribution < -0.4 is 10.6 Å². The van der Waals surface area contributed by atoms with Crippen LogP contribution in [0.15, 0.2) is 48.9 Å². The average molecular weight is 535 g/mol.